The van der Waals surface area contributed by atoms with Crippen LogP contribution in [0.1, 0.15) is 29.5 Å². The van der Waals surface area contributed by atoms with E-state index in [2.05, 4.69) is 9.97 Å². The Labute approximate surface area is 143 Å². The van der Waals surface area contributed by atoms with Crippen molar-refractivity contribution >= 4 is 22.7 Å². The number of H-pyrrole nitrogens is 1. The van der Waals surface area contributed by atoms with Gasteiger partial charge in [-0.3, -0.25) is 10.1 Å². The van der Waals surface area contributed by atoms with Gasteiger partial charge in [-0.1, -0.05) is 12.1 Å². The summed E-state index contributed by atoms with van der Waals surface area (Å²) in [5.41, 5.74) is 2.12. The van der Waals surface area contributed by atoms with Crippen LogP contribution in [0.3, 0.4) is 0 Å². The number of aromatic nitrogens is 2. The molecule has 0 amide bonds. The largest absolute Gasteiger partial charge is 0.459 e. The maximum atomic E-state index is 12.1. The van der Waals surface area contributed by atoms with Crippen LogP contribution >= 0.6 is 0 Å². The highest BCUT2D eigenvalue weighted by Crippen LogP contribution is 2.15. The fourth-order valence-corrected chi connectivity index (χ4v) is 2.49. The second kappa shape index (κ2) is 7.12. The molecule has 0 fully saturated rings. The Morgan fingerprint density at radius 1 is 1.24 bits per heavy atom. The van der Waals surface area contributed by atoms with Crippen LogP contribution in [0.5, 0.6) is 0 Å². The fraction of sp³-hybridized carbons (Fsp3) is 0.222. The smallest absolute Gasteiger partial charge is 0.338 e. The van der Waals surface area contributed by atoms with Gasteiger partial charge in [-0.2, -0.15) is 0 Å². The van der Waals surface area contributed by atoms with Crippen LogP contribution in [0, 0.1) is 10.1 Å². The van der Waals surface area contributed by atoms with Gasteiger partial charge in [-0.15, -0.1) is 0 Å². The summed E-state index contributed by atoms with van der Waals surface area (Å²) >= 11 is 0. The summed E-state index contributed by atoms with van der Waals surface area (Å²) in [5, 5.41) is 10.6. The standard InChI is InChI=1S/C18H17N3O4/c1-12(6-11-17-19-15-4-2-3-5-16(15)20-17)25-18(22)13-7-9-14(10-8-13)21(23)24/h2-5,7-10,12H,6,11H2,1H3,(H,19,20). The summed E-state index contributed by atoms with van der Waals surface area (Å²) in [5.74, 6) is 0.353. The molecular weight excluding hydrogens is 322 g/mol. The van der Waals surface area contributed by atoms with E-state index in [9.17, 15) is 14.9 Å². The first-order valence-corrected chi connectivity index (χ1v) is 7.92. The van der Waals surface area contributed by atoms with Gasteiger partial charge in [0.25, 0.3) is 5.69 Å². The van der Waals surface area contributed by atoms with Crippen molar-refractivity contribution in [1.29, 1.82) is 0 Å². The molecule has 7 heteroatoms. The SMILES string of the molecule is CC(CCc1nc2ccccc2[nH]1)OC(=O)c1ccc([N+](=O)[O-])cc1. The van der Waals surface area contributed by atoms with Gasteiger partial charge in [0.1, 0.15) is 5.82 Å². The van der Waals surface area contributed by atoms with E-state index in [1.807, 2.05) is 31.2 Å². The molecule has 1 atom stereocenters. The molecule has 1 aromatic heterocycles. The zero-order valence-electron chi connectivity index (χ0n) is 13.6. The molecule has 1 N–H and O–H groups in total. The molecule has 0 saturated heterocycles. The third kappa shape index (κ3) is 4.00. The summed E-state index contributed by atoms with van der Waals surface area (Å²) < 4.78 is 5.38. The number of imidazole rings is 1. The van der Waals surface area contributed by atoms with E-state index in [0.717, 1.165) is 16.9 Å². The molecular formula is C18H17N3O4. The van der Waals surface area contributed by atoms with Crippen LogP contribution in [0.15, 0.2) is 48.5 Å². The molecule has 7 nitrogen and oxygen atoms in total. The van der Waals surface area contributed by atoms with Crippen LogP contribution in [-0.4, -0.2) is 27.0 Å². The van der Waals surface area contributed by atoms with Gasteiger partial charge in [0.05, 0.1) is 27.6 Å². The summed E-state index contributed by atoms with van der Waals surface area (Å²) in [4.78, 5) is 29.9. The molecule has 0 aliphatic rings. The van der Waals surface area contributed by atoms with Gasteiger partial charge in [0, 0.05) is 18.6 Å². The second-order valence-electron chi connectivity index (χ2n) is 5.76. The number of aromatic amines is 1. The van der Waals surface area contributed by atoms with Crippen molar-refractivity contribution in [3.05, 3.63) is 70.0 Å². The van der Waals surface area contributed by atoms with Gasteiger partial charge in [0.2, 0.25) is 0 Å². The maximum absolute atomic E-state index is 12.1. The van der Waals surface area contributed by atoms with Crippen molar-refractivity contribution in [2.24, 2.45) is 0 Å². The lowest BCUT2D eigenvalue weighted by Crippen LogP contribution is -2.16. The molecule has 2 aromatic carbocycles. The lowest BCUT2D eigenvalue weighted by molar-refractivity contribution is -0.384. The Balaban J connectivity index is 1.55. The molecule has 0 aliphatic heterocycles. The number of fused-ring (bicyclic) bond motifs is 1. The minimum atomic E-state index is -0.509. The highest BCUT2D eigenvalue weighted by molar-refractivity contribution is 5.89. The monoisotopic (exact) mass is 339 g/mol. The number of carbonyl (C=O) groups excluding carboxylic acids is 1. The topological polar surface area (TPSA) is 98.1 Å². The molecule has 1 unspecified atom stereocenters. The van der Waals surface area contributed by atoms with Gasteiger partial charge in [-0.05, 0) is 37.6 Å². The average molecular weight is 339 g/mol. The van der Waals surface area contributed by atoms with E-state index in [-0.39, 0.29) is 11.8 Å². The van der Waals surface area contributed by atoms with Crippen LogP contribution in [0.25, 0.3) is 11.0 Å². The molecule has 0 saturated carbocycles. The highest BCUT2D eigenvalue weighted by Gasteiger charge is 2.14. The predicted molar refractivity (Wildman–Crippen MR) is 92.4 cm³/mol. The second-order valence-corrected chi connectivity index (χ2v) is 5.76. The summed E-state index contributed by atoms with van der Waals surface area (Å²) in [6, 6.07) is 13.1. The van der Waals surface area contributed by atoms with Crippen molar-refractivity contribution in [2.45, 2.75) is 25.9 Å². The number of carbonyl (C=O) groups is 1. The number of benzene rings is 2. The molecule has 25 heavy (non-hydrogen) atoms. The lowest BCUT2D eigenvalue weighted by Gasteiger charge is -2.12. The maximum Gasteiger partial charge on any atom is 0.338 e. The number of nitrogens with one attached hydrogen (secondary N) is 1. The average Bonchev–Trinajstić information content (AvgIpc) is 3.03. The van der Waals surface area contributed by atoms with E-state index < -0.39 is 10.9 Å². The zero-order chi connectivity index (χ0) is 17.8. The molecule has 128 valence electrons. The third-order valence-corrected chi connectivity index (χ3v) is 3.85. The lowest BCUT2D eigenvalue weighted by atomic mass is 10.2. The van der Waals surface area contributed by atoms with E-state index in [0.29, 0.717) is 18.4 Å². The number of hydrogen-bond acceptors (Lipinski definition) is 5. The first-order valence-electron chi connectivity index (χ1n) is 7.92. The minimum Gasteiger partial charge on any atom is -0.459 e. The Bertz CT molecular complexity index is 869. The number of non-ortho nitro benzene ring substituents is 1. The van der Waals surface area contributed by atoms with Crippen LogP contribution in [0.4, 0.5) is 5.69 Å². The number of hydrogen-bond donors (Lipinski definition) is 1. The van der Waals surface area contributed by atoms with Crippen molar-refractivity contribution < 1.29 is 14.5 Å². The number of ether oxygens (including phenoxy) is 1. The zero-order valence-corrected chi connectivity index (χ0v) is 13.6. The number of esters is 1. The molecule has 3 rings (SSSR count). The quantitative estimate of drug-likeness (QED) is 0.420. The number of nitro benzene ring substituents is 1. The third-order valence-electron chi connectivity index (χ3n) is 3.85. The minimum absolute atomic E-state index is 0.0607. The van der Waals surface area contributed by atoms with Gasteiger partial charge >= 0.3 is 5.97 Å². The fourth-order valence-electron chi connectivity index (χ4n) is 2.49. The van der Waals surface area contributed by atoms with Crippen molar-refractivity contribution in [1.82, 2.24) is 9.97 Å². The predicted octanol–water partition coefficient (Wildman–Crippen LogP) is 3.65. The Morgan fingerprint density at radius 2 is 1.96 bits per heavy atom. The summed E-state index contributed by atoms with van der Waals surface area (Å²) in [7, 11) is 0. The molecule has 0 aliphatic carbocycles. The Kier molecular flexibility index (Phi) is 4.74. The van der Waals surface area contributed by atoms with Crippen LogP contribution in [0.2, 0.25) is 0 Å². The van der Waals surface area contributed by atoms with Gasteiger partial charge in [0.15, 0.2) is 0 Å². The summed E-state index contributed by atoms with van der Waals surface area (Å²) in [6.45, 7) is 1.81. The van der Waals surface area contributed by atoms with Crippen molar-refractivity contribution in [3.63, 3.8) is 0 Å². The van der Waals surface area contributed by atoms with Crippen LogP contribution < -0.4 is 0 Å². The molecule has 0 spiro atoms. The first-order chi connectivity index (χ1) is 12.0. The number of nitro groups is 1. The number of rotatable bonds is 6. The molecule has 1 heterocycles. The number of nitrogens with zero attached hydrogens (tertiary/aromatic N) is 2. The normalized spacial score (nSPS) is 12.0. The van der Waals surface area contributed by atoms with E-state index in [1.165, 1.54) is 24.3 Å². The van der Waals surface area contributed by atoms with Gasteiger partial charge < -0.3 is 9.72 Å². The Hall–Kier alpha value is -3.22. The highest BCUT2D eigenvalue weighted by atomic mass is 16.6. The van der Waals surface area contributed by atoms with Crippen molar-refractivity contribution in [3.8, 4) is 0 Å². The van der Waals surface area contributed by atoms with Gasteiger partial charge in [-0.25, -0.2) is 9.78 Å². The summed E-state index contributed by atoms with van der Waals surface area (Å²) in [6.07, 6.45) is 0.984. The van der Waals surface area contributed by atoms with E-state index in [4.69, 9.17) is 4.74 Å². The van der Waals surface area contributed by atoms with Crippen LogP contribution in [-0.2, 0) is 11.2 Å². The van der Waals surface area contributed by atoms with E-state index >= 15 is 0 Å². The molecule has 3 aromatic rings. The number of aryl methyl sites for hydroxylation is 1. The number of para-hydroxylation sites is 2. The molecule has 0 bridgehead atoms. The Morgan fingerprint density at radius 3 is 2.64 bits per heavy atom. The molecule has 0 radical (unpaired) electrons. The van der Waals surface area contributed by atoms with Crippen molar-refractivity contribution in [2.75, 3.05) is 0 Å². The first kappa shape index (κ1) is 16.6. The van der Waals surface area contributed by atoms with E-state index in [1.54, 1.807) is 0 Å².